The number of hydrogen-bond donors (Lipinski definition) is 2. The van der Waals surface area contributed by atoms with Gasteiger partial charge in [0.05, 0.1) is 16.8 Å². The SMILES string of the molecule is O=C(O)CCCC(=O)NCc1nc2ccccc2s1. The number of carbonyl (C=O) groups is 2. The third-order valence-corrected chi connectivity index (χ3v) is 3.61. The number of carboxylic acid groups (broad SMARTS) is 1. The van der Waals surface area contributed by atoms with Crippen molar-refractivity contribution in [2.24, 2.45) is 0 Å². The van der Waals surface area contributed by atoms with E-state index < -0.39 is 5.97 Å². The van der Waals surface area contributed by atoms with Gasteiger partial charge < -0.3 is 10.4 Å². The maximum atomic E-state index is 11.5. The van der Waals surface area contributed by atoms with Crippen molar-refractivity contribution in [1.29, 1.82) is 0 Å². The van der Waals surface area contributed by atoms with Crippen LogP contribution >= 0.6 is 11.3 Å². The molecule has 0 aliphatic heterocycles. The number of aromatic nitrogens is 1. The second-order valence-corrected chi connectivity index (χ2v) is 5.21. The minimum absolute atomic E-state index is 0.0224. The average Bonchev–Trinajstić information content (AvgIpc) is 2.78. The first-order valence-electron chi connectivity index (χ1n) is 5.98. The zero-order valence-corrected chi connectivity index (χ0v) is 11.1. The van der Waals surface area contributed by atoms with E-state index >= 15 is 0 Å². The van der Waals surface area contributed by atoms with Crippen LogP contribution in [0.2, 0.25) is 0 Å². The van der Waals surface area contributed by atoms with Crippen LogP contribution in [0.1, 0.15) is 24.3 Å². The van der Waals surface area contributed by atoms with Crippen molar-refractivity contribution in [3.8, 4) is 0 Å². The lowest BCUT2D eigenvalue weighted by Gasteiger charge is -2.01. The first-order valence-corrected chi connectivity index (χ1v) is 6.80. The first-order chi connectivity index (χ1) is 9.15. The molecule has 6 heteroatoms. The van der Waals surface area contributed by atoms with Gasteiger partial charge in [-0.15, -0.1) is 11.3 Å². The number of aliphatic carboxylic acids is 1. The van der Waals surface area contributed by atoms with Gasteiger partial charge >= 0.3 is 5.97 Å². The second-order valence-electron chi connectivity index (χ2n) is 4.10. The number of thiazole rings is 1. The summed E-state index contributed by atoms with van der Waals surface area (Å²) in [6.45, 7) is 0.394. The Labute approximate surface area is 114 Å². The van der Waals surface area contributed by atoms with Crippen LogP contribution in [0, 0.1) is 0 Å². The van der Waals surface area contributed by atoms with Crippen LogP contribution in [0.25, 0.3) is 10.2 Å². The summed E-state index contributed by atoms with van der Waals surface area (Å²) < 4.78 is 1.10. The van der Waals surface area contributed by atoms with Crippen molar-refractivity contribution < 1.29 is 14.7 Å². The van der Waals surface area contributed by atoms with Crippen molar-refractivity contribution in [2.45, 2.75) is 25.8 Å². The van der Waals surface area contributed by atoms with Crippen LogP contribution in [0.5, 0.6) is 0 Å². The fraction of sp³-hybridized carbons (Fsp3) is 0.308. The average molecular weight is 278 g/mol. The third-order valence-electron chi connectivity index (χ3n) is 2.57. The third kappa shape index (κ3) is 4.03. The second kappa shape index (κ2) is 6.29. The van der Waals surface area contributed by atoms with Gasteiger partial charge in [-0.3, -0.25) is 9.59 Å². The Morgan fingerprint density at radius 2 is 2.05 bits per heavy atom. The number of rotatable bonds is 6. The summed E-state index contributed by atoms with van der Waals surface area (Å²) in [4.78, 5) is 26.2. The van der Waals surface area contributed by atoms with Crippen LogP contribution in [0.4, 0.5) is 0 Å². The fourth-order valence-corrected chi connectivity index (χ4v) is 2.57. The predicted octanol–water partition coefficient (Wildman–Crippen LogP) is 2.17. The molecule has 0 aliphatic rings. The van der Waals surface area contributed by atoms with E-state index in [1.165, 1.54) is 0 Å². The summed E-state index contributed by atoms with van der Waals surface area (Å²) in [5, 5.41) is 12.1. The van der Waals surface area contributed by atoms with E-state index in [0.29, 0.717) is 13.0 Å². The molecule has 0 saturated carbocycles. The summed E-state index contributed by atoms with van der Waals surface area (Å²) in [7, 11) is 0. The molecule has 0 radical (unpaired) electrons. The molecule has 0 aliphatic carbocycles. The lowest BCUT2D eigenvalue weighted by Crippen LogP contribution is -2.22. The molecule has 100 valence electrons. The highest BCUT2D eigenvalue weighted by atomic mass is 32.1. The number of hydrogen-bond acceptors (Lipinski definition) is 4. The number of para-hydroxylation sites is 1. The Hall–Kier alpha value is -1.95. The standard InChI is InChI=1S/C13H14N2O3S/c16-11(6-3-7-13(17)18)14-8-12-15-9-4-1-2-5-10(9)19-12/h1-2,4-5H,3,6-8H2,(H,14,16)(H,17,18). The van der Waals surface area contributed by atoms with Gasteiger partial charge in [0.15, 0.2) is 0 Å². The lowest BCUT2D eigenvalue weighted by molar-refractivity contribution is -0.137. The van der Waals surface area contributed by atoms with Crippen molar-refractivity contribution in [2.75, 3.05) is 0 Å². The van der Waals surface area contributed by atoms with Gasteiger partial charge in [0.25, 0.3) is 0 Å². The van der Waals surface area contributed by atoms with Gasteiger partial charge in [0, 0.05) is 12.8 Å². The Morgan fingerprint density at radius 3 is 2.79 bits per heavy atom. The number of carboxylic acids is 1. The van der Waals surface area contributed by atoms with E-state index in [9.17, 15) is 9.59 Å². The normalized spacial score (nSPS) is 10.5. The minimum atomic E-state index is -0.876. The maximum absolute atomic E-state index is 11.5. The monoisotopic (exact) mass is 278 g/mol. The first kappa shape index (κ1) is 13.5. The Kier molecular flexibility index (Phi) is 4.46. The zero-order valence-electron chi connectivity index (χ0n) is 10.3. The predicted molar refractivity (Wildman–Crippen MR) is 73.0 cm³/mol. The maximum Gasteiger partial charge on any atom is 0.303 e. The highest BCUT2D eigenvalue weighted by Gasteiger charge is 2.06. The summed E-state index contributed by atoms with van der Waals surface area (Å²) in [5.74, 6) is -1.01. The van der Waals surface area contributed by atoms with E-state index in [4.69, 9.17) is 5.11 Å². The highest BCUT2D eigenvalue weighted by molar-refractivity contribution is 7.18. The smallest absolute Gasteiger partial charge is 0.303 e. The Balaban J connectivity index is 1.81. The molecule has 0 unspecified atom stereocenters. The summed E-state index contributed by atoms with van der Waals surface area (Å²) in [6, 6.07) is 7.81. The van der Waals surface area contributed by atoms with E-state index in [1.807, 2.05) is 24.3 Å². The molecule has 0 spiro atoms. The highest BCUT2D eigenvalue weighted by Crippen LogP contribution is 2.21. The molecule has 1 heterocycles. The molecule has 0 bridgehead atoms. The van der Waals surface area contributed by atoms with Gasteiger partial charge in [-0.25, -0.2) is 4.98 Å². The van der Waals surface area contributed by atoms with E-state index in [2.05, 4.69) is 10.3 Å². The molecular formula is C13H14N2O3S. The van der Waals surface area contributed by atoms with Gasteiger partial charge in [-0.1, -0.05) is 12.1 Å². The number of carbonyl (C=O) groups excluding carboxylic acids is 1. The van der Waals surface area contributed by atoms with Crippen molar-refractivity contribution >= 4 is 33.4 Å². The van der Waals surface area contributed by atoms with Crippen molar-refractivity contribution in [1.82, 2.24) is 10.3 Å². The molecule has 1 amide bonds. The number of amides is 1. The fourth-order valence-electron chi connectivity index (χ4n) is 1.66. The van der Waals surface area contributed by atoms with Gasteiger partial charge in [0.1, 0.15) is 5.01 Å². The van der Waals surface area contributed by atoms with E-state index in [1.54, 1.807) is 11.3 Å². The molecule has 2 aromatic rings. The summed E-state index contributed by atoms with van der Waals surface area (Å²) in [5.41, 5.74) is 0.933. The van der Waals surface area contributed by atoms with E-state index in [-0.39, 0.29) is 18.7 Å². The molecule has 0 saturated heterocycles. The molecule has 2 N–H and O–H groups in total. The molecular weight excluding hydrogens is 264 g/mol. The lowest BCUT2D eigenvalue weighted by atomic mass is 10.2. The molecule has 5 nitrogen and oxygen atoms in total. The zero-order chi connectivity index (χ0) is 13.7. The number of fused-ring (bicyclic) bond motifs is 1. The topological polar surface area (TPSA) is 79.3 Å². The van der Waals surface area contributed by atoms with E-state index in [0.717, 1.165) is 15.2 Å². The molecule has 1 aromatic carbocycles. The summed E-state index contributed by atoms with van der Waals surface area (Å²) >= 11 is 1.55. The van der Waals surface area contributed by atoms with Gasteiger partial charge in [0.2, 0.25) is 5.91 Å². The largest absolute Gasteiger partial charge is 0.481 e. The minimum Gasteiger partial charge on any atom is -0.481 e. The molecule has 0 atom stereocenters. The molecule has 2 rings (SSSR count). The van der Waals surface area contributed by atoms with Gasteiger partial charge in [-0.05, 0) is 18.6 Å². The van der Waals surface area contributed by atoms with Crippen LogP contribution in [-0.4, -0.2) is 22.0 Å². The quantitative estimate of drug-likeness (QED) is 0.848. The molecule has 19 heavy (non-hydrogen) atoms. The van der Waals surface area contributed by atoms with Gasteiger partial charge in [-0.2, -0.15) is 0 Å². The number of nitrogens with one attached hydrogen (secondary N) is 1. The van der Waals surface area contributed by atoms with Crippen molar-refractivity contribution in [3.63, 3.8) is 0 Å². The van der Waals surface area contributed by atoms with Crippen LogP contribution < -0.4 is 5.32 Å². The number of nitrogens with zero attached hydrogens (tertiary/aromatic N) is 1. The van der Waals surface area contributed by atoms with Crippen LogP contribution in [0.15, 0.2) is 24.3 Å². The molecule has 1 aromatic heterocycles. The summed E-state index contributed by atoms with van der Waals surface area (Å²) in [6.07, 6.45) is 0.618. The van der Waals surface area contributed by atoms with Crippen LogP contribution in [-0.2, 0) is 16.1 Å². The Morgan fingerprint density at radius 1 is 1.26 bits per heavy atom. The van der Waals surface area contributed by atoms with Crippen molar-refractivity contribution in [3.05, 3.63) is 29.3 Å². The Bertz CT molecular complexity index is 561. The molecule has 0 fully saturated rings. The van der Waals surface area contributed by atoms with Crippen LogP contribution in [0.3, 0.4) is 0 Å². The number of benzene rings is 1.